The highest BCUT2D eigenvalue weighted by molar-refractivity contribution is 6.76. The molecule has 3 atom stereocenters. The van der Waals surface area contributed by atoms with Crippen LogP contribution in [0.25, 0.3) is 0 Å². The minimum absolute atomic E-state index is 0.00459. The quantitative estimate of drug-likeness (QED) is 0.221. The minimum Gasteiger partial charge on any atom is -0.359 e. The van der Waals surface area contributed by atoms with E-state index in [0.717, 1.165) is 18.2 Å². The van der Waals surface area contributed by atoms with Crippen molar-refractivity contribution in [3.8, 4) is 0 Å². The van der Waals surface area contributed by atoms with Gasteiger partial charge in [-0.2, -0.15) is 23.4 Å². The molecule has 2 aliphatic heterocycles. The number of hydrogen-bond acceptors (Lipinski definition) is 6. The molecule has 3 aromatic rings. The summed E-state index contributed by atoms with van der Waals surface area (Å²) in [6, 6.07) is 4.45. The summed E-state index contributed by atoms with van der Waals surface area (Å²) in [5.74, 6) is -0.913. The van der Waals surface area contributed by atoms with Crippen LogP contribution < -0.4 is 5.56 Å². The molecule has 46 heavy (non-hydrogen) atoms. The average Bonchev–Trinajstić information content (AvgIpc) is 3.35. The number of nitrogens with zero attached hydrogens (tertiary/aromatic N) is 6. The number of carbonyl (C=O) groups excluding carboxylic acids is 2. The second-order valence-electron chi connectivity index (χ2n) is 13.4. The van der Waals surface area contributed by atoms with Crippen LogP contribution in [0.15, 0.2) is 35.3 Å². The molecule has 0 N–H and O–H groups in total. The number of alkyl halides is 3. The normalized spacial score (nSPS) is 19.2. The van der Waals surface area contributed by atoms with Crippen LogP contribution in [-0.2, 0) is 30.6 Å². The molecular weight excluding hydrogens is 641 g/mol. The van der Waals surface area contributed by atoms with E-state index in [1.165, 1.54) is 21.7 Å². The zero-order valence-corrected chi connectivity index (χ0v) is 28.4. The first kappa shape index (κ1) is 33.9. The van der Waals surface area contributed by atoms with E-state index in [4.69, 9.17) is 21.4 Å². The second kappa shape index (κ2) is 12.6. The van der Waals surface area contributed by atoms with Gasteiger partial charge in [0.15, 0.2) is 0 Å². The molecule has 2 aromatic heterocycles. The number of aromatic nitrogens is 4. The Hall–Kier alpha value is -3.49. The fourth-order valence-corrected chi connectivity index (χ4v) is 6.80. The summed E-state index contributed by atoms with van der Waals surface area (Å²) in [6.45, 7) is 13.2. The zero-order valence-electron chi connectivity index (χ0n) is 26.7. The summed E-state index contributed by atoms with van der Waals surface area (Å²) < 4.78 is 49.1. The van der Waals surface area contributed by atoms with E-state index in [0.29, 0.717) is 42.1 Å². The average molecular weight is 679 g/mol. The van der Waals surface area contributed by atoms with Crippen LogP contribution in [0.2, 0.25) is 30.7 Å². The van der Waals surface area contributed by atoms with Gasteiger partial charge in [-0.3, -0.25) is 19.1 Å². The zero-order chi connectivity index (χ0) is 33.7. The van der Waals surface area contributed by atoms with Gasteiger partial charge in [0.05, 0.1) is 41.1 Å². The number of benzene rings is 1. The van der Waals surface area contributed by atoms with E-state index in [-0.39, 0.29) is 42.4 Å². The molecule has 5 rings (SSSR count). The summed E-state index contributed by atoms with van der Waals surface area (Å²) >= 11 is 5.78. The largest absolute Gasteiger partial charge is 0.417 e. The van der Waals surface area contributed by atoms with Crippen molar-refractivity contribution in [3.63, 3.8) is 0 Å². The predicted octanol–water partition coefficient (Wildman–Crippen LogP) is 5.79. The van der Waals surface area contributed by atoms with Crippen LogP contribution in [0, 0.1) is 0 Å². The van der Waals surface area contributed by atoms with E-state index >= 15 is 0 Å². The minimum atomic E-state index is -4.72. The molecule has 248 valence electrons. The number of halogens is 4. The topological polar surface area (TPSA) is 103 Å². The smallest absolute Gasteiger partial charge is 0.359 e. The summed E-state index contributed by atoms with van der Waals surface area (Å²) in [4.78, 5) is 43.6. The highest BCUT2D eigenvalue weighted by atomic mass is 35.5. The van der Waals surface area contributed by atoms with Gasteiger partial charge in [-0.15, -0.1) is 0 Å². The maximum Gasteiger partial charge on any atom is 0.417 e. The fourth-order valence-electron chi connectivity index (χ4n) is 5.82. The van der Waals surface area contributed by atoms with E-state index in [1.54, 1.807) is 22.7 Å². The summed E-state index contributed by atoms with van der Waals surface area (Å²) in [7, 11) is -1.27. The highest BCUT2D eigenvalue weighted by Gasteiger charge is 2.41. The van der Waals surface area contributed by atoms with E-state index in [2.05, 4.69) is 24.7 Å². The third-order valence-electron chi connectivity index (χ3n) is 8.61. The van der Waals surface area contributed by atoms with Gasteiger partial charge >= 0.3 is 6.18 Å². The van der Waals surface area contributed by atoms with Crippen LogP contribution in [-0.4, -0.2) is 68.4 Å². The van der Waals surface area contributed by atoms with E-state index < -0.39 is 36.8 Å². The van der Waals surface area contributed by atoms with Crippen LogP contribution in [0.5, 0.6) is 0 Å². The van der Waals surface area contributed by atoms with Crippen molar-refractivity contribution in [2.24, 2.45) is 0 Å². The van der Waals surface area contributed by atoms with Gasteiger partial charge in [0.2, 0.25) is 0 Å². The van der Waals surface area contributed by atoms with Crippen molar-refractivity contribution in [2.75, 3.05) is 13.2 Å². The molecule has 4 heterocycles. The molecule has 0 aliphatic carbocycles. The molecule has 0 bridgehead atoms. The molecule has 0 saturated carbocycles. The predicted molar refractivity (Wildman–Crippen MR) is 168 cm³/mol. The lowest BCUT2D eigenvalue weighted by molar-refractivity contribution is -0.137. The third-order valence-corrected chi connectivity index (χ3v) is 10.6. The monoisotopic (exact) mass is 678 g/mol. The molecule has 0 fully saturated rings. The first-order valence-electron chi connectivity index (χ1n) is 15.2. The summed E-state index contributed by atoms with van der Waals surface area (Å²) in [5.41, 5.74) is 0.566. The van der Waals surface area contributed by atoms with Crippen molar-refractivity contribution in [2.45, 2.75) is 90.5 Å². The van der Waals surface area contributed by atoms with Crippen LogP contribution in [0.1, 0.15) is 76.1 Å². The van der Waals surface area contributed by atoms with Gasteiger partial charge in [-0.1, -0.05) is 31.2 Å². The van der Waals surface area contributed by atoms with Crippen molar-refractivity contribution in [3.05, 3.63) is 79.5 Å². The first-order chi connectivity index (χ1) is 21.5. The molecule has 0 saturated heterocycles. The summed E-state index contributed by atoms with van der Waals surface area (Å²) in [6.07, 6.45) is -2.82. The van der Waals surface area contributed by atoms with Crippen molar-refractivity contribution < 1.29 is 27.5 Å². The maximum absolute atomic E-state index is 14.0. The summed E-state index contributed by atoms with van der Waals surface area (Å²) in [5, 5.41) is 8.52. The lowest BCUT2D eigenvalue weighted by atomic mass is 9.96. The molecule has 10 nitrogen and oxygen atoms in total. The SMILES string of the molecule is CC(c1cnn(COCC[Si](C)(C)C)c(=O)c1)N1C[C@@H](C)n2nc3c(c2C1=O)CN(C(=O)c1ccc(Cl)c(C(F)(F)F)c1)[C@H](C)C3. The highest BCUT2D eigenvalue weighted by Crippen LogP contribution is 2.37. The fraction of sp³-hybridized carbons (Fsp3) is 0.516. The van der Waals surface area contributed by atoms with Crippen LogP contribution in [0.4, 0.5) is 13.2 Å². The second-order valence-corrected chi connectivity index (χ2v) is 19.4. The number of fused-ring (bicyclic) bond motifs is 3. The number of amides is 2. The van der Waals surface area contributed by atoms with Gasteiger partial charge in [0, 0.05) is 50.9 Å². The molecule has 2 aliphatic rings. The van der Waals surface area contributed by atoms with Crippen LogP contribution >= 0.6 is 11.6 Å². The molecule has 0 radical (unpaired) electrons. The number of rotatable bonds is 8. The molecule has 15 heteroatoms. The van der Waals surface area contributed by atoms with E-state index in [9.17, 15) is 27.6 Å². The number of ether oxygens (including phenoxy) is 1. The Morgan fingerprint density at radius 2 is 1.87 bits per heavy atom. The Balaban J connectivity index is 1.37. The first-order valence-corrected chi connectivity index (χ1v) is 19.3. The molecule has 0 spiro atoms. The van der Waals surface area contributed by atoms with E-state index in [1.807, 2.05) is 13.8 Å². The standard InChI is InChI=1S/C31H38ClF3N6O4Si/c1-18-11-26-23(16-38(18)29(43)21-7-8-25(32)24(12-21)31(33,34)35)28-30(44)39(15-19(2)41(28)37-26)20(3)22-13-27(42)40(36-14-22)17-45-9-10-46(4,5)6/h7-8,12-14,18-20H,9-11,15-17H2,1-6H3/t18-,19-,20?/m1/s1. The van der Waals surface area contributed by atoms with Crippen molar-refractivity contribution in [1.82, 2.24) is 29.4 Å². The molecular formula is C31H38ClF3N6O4Si. The van der Waals surface area contributed by atoms with Gasteiger partial charge in [0.25, 0.3) is 17.4 Å². The third kappa shape index (κ3) is 6.79. The maximum atomic E-state index is 14.0. The number of carbonyl (C=O) groups is 2. The Labute approximate surface area is 271 Å². The van der Waals surface area contributed by atoms with Gasteiger partial charge in [0.1, 0.15) is 12.4 Å². The molecule has 1 unspecified atom stereocenters. The van der Waals surface area contributed by atoms with Gasteiger partial charge in [-0.25, -0.2) is 4.68 Å². The lowest BCUT2D eigenvalue weighted by Gasteiger charge is -2.37. The Morgan fingerprint density at radius 1 is 1.15 bits per heavy atom. The van der Waals surface area contributed by atoms with Gasteiger partial charge < -0.3 is 14.5 Å². The van der Waals surface area contributed by atoms with Crippen molar-refractivity contribution in [1.29, 1.82) is 0 Å². The Kier molecular flexibility index (Phi) is 9.28. The Morgan fingerprint density at radius 3 is 2.52 bits per heavy atom. The van der Waals surface area contributed by atoms with Crippen molar-refractivity contribution >= 4 is 31.5 Å². The number of hydrogen-bond donors (Lipinski definition) is 0. The molecule has 2 amide bonds. The lowest BCUT2D eigenvalue weighted by Crippen LogP contribution is -2.46. The van der Waals surface area contributed by atoms with Gasteiger partial charge in [-0.05, 0) is 50.6 Å². The Bertz CT molecular complexity index is 1720. The van der Waals surface area contributed by atoms with Crippen LogP contribution in [0.3, 0.4) is 0 Å². The molecule has 1 aromatic carbocycles.